The van der Waals surface area contributed by atoms with E-state index in [0.717, 1.165) is 32.5 Å². The highest BCUT2D eigenvalue weighted by Crippen LogP contribution is 2.10. The van der Waals surface area contributed by atoms with Gasteiger partial charge < -0.3 is 10.2 Å². The van der Waals surface area contributed by atoms with Crippen molar-refractivity contribution in [1.82, 2.24) is 10.2 Å². The average Bonchev–Trinajstić information content (AvgIpc) is 2.32. The molecule has 0 aliphatic carbocycles. The first-order chi connectivity index (χ1) is 7.63. The second-order valence-corrected chi connectivity index (χ2v) is 4.37. The molecule has 1 rings (SSSR count). The zero-order valence-corrected chi connectivity index (χ0v) is 11.5. The van der Waals surface area contributed by atoms with Crippen LogP contribution in [0.25, 0.3) is 0 Å². The van der Waals surface area contributed by atoms with Crippen molar-refractivity contribution < 1.29 is 4.79 Å². The van der Waals surface area contributed by atoms with Gasteiger partial charge >= 0.3 is 0 Å². The van der Waals surface area contributed by atoms with Gasteiger partial charge in [0.2, 0.25) is 5.91 Å². The first-order valence-electron chi connectivity index (χ1n) is 6.66. The number of likely N-dealkylation sites (tertiary alicyclic amines) is 1. The third-order valence-corrected chi connectivity index (χ3v) is 2.91. The largest absolute Gasteiger partial charge is 0.353 e. The van der Waals surface area contributed by atoms with Crippen LogP contribution in [0, 0.1) is 5.92 Å². The summed E-state index contributed by atoms with van der Waals surface area (Å²) in [7, 11) is 0. The summed E-state index contributed by atoms with van der Waals surface area (Å²) in [5.41, 5.74) is 0. The fraction of sp³-hybridized carbons (Fsp3) is 0.923. The first-order valence-corrected chi connectivity index (χ1v) is 6.66. The lowest BCUT2D eigenvalue weighted by Crippen LogP contribution is -2.45. The van der Waals surface area contributed by atoms with E-state index in [4.69, 9.17) is 0 Å². The van der Waals surface area contributed by atoms with Crippen LogP contribution in [0.15, 0.2) is 0 Å². The first kappa shape index (κ1) is 15.4. The van der Waals surface area contributed by atoms with Crippen molar-refractivity contribution in [3.05, 3.63) is 0 Å². The van der Waals surface area contributed by atoms with Gasteiger partial charge in [-0.2, -0.15) is 0 Å². The van der Waals surface area contributed by atoms with Crippen molar-refractivity contribution in [2.45, 2.75) is 53.5 Å². The normalized spacial score (nSPS) is 17.9. The van der Waals surface area contributed by atoms with Crippen LogP contribution in [0.5, 0.6) is 0 Å². The molecule has 0 atom stereocenters. The minimum atomic E-state index is 0.110. The second-order valence-electron chi connectivity index (χ2n) is 4.37. The predicted octanol–water partition coefficient (Wildman–Crippen LogP) is 2.27. The van der Waals surface area contributed by atoms with Gasteiger partial charge in [0.05, 0.1) is 0 Å². The van der Waals surface area contributed by atoms with Gasteiger partial charge in [-0.05, 0) is 19.4 Å². The summed E-state index contributed by atoms with van der Waals surface area (Å²) >= 11 is 0. The van der Waals surface area contributed by atoms with Gasteiger partial charge in [-0.25, -0.2) is 0 Å². The van der Waals surface area contributed by atoms with Crippen LogP contribution in [-0.2, 0) is 4.79 Å². The fourth-order valence-corrected chi connectivity index (χ4v) is 1.76. The zero-order valence-electron chi connectivity index (χ0n) is 11.5. The molecule has 0 aromatic heterocycles. The van der Waals surface area contributed by atoms with E-state index < -0.39 is 0 Å². The Bertz CT molecular complexity index is 184. The molecule has 0 unspecified atom stereocenters. The Morgan fingerprint density at radius 1 is 1.31 bits per heavy atom. The second kappa shape index (κ2) is 8.57. The molecule has 0 bridgehead atoms. The minimum absolute atomic E-state index is 0.110. The third-order valence-electron chi connectivity index (χ3n) is 2.91. The van der Waals surface area contributed by atoms with Gasteiger partial charge in [0, 0.05) is 25.0 Å². The Morgan fingerprint density at radius 2 is 1.81 bits per heavy atom. The molecular formula is C13H28N2O. The molecule has 0 spiro atoms. The van der Waals surface area contributed by atoms with Crippen molar-refractivity contribution in [3.63, 3.8) is 0 Å². The number of carbonyl (C=O) groups excluding carboxylic acids is 1. The van der Waals surface area contributed by atoms with Crippen LogP contribution >= 0.6 is 0 Å². The Kier molecular flexibility index (Phi) is 8.26. The maximum atomic E-state index is 11.4. The van der Waals surface area contributed by atoms with E-state index in [2.05, 4.69) is 17.1 Å². The monoisotopic (exact) mass is 228 g/mol. The van der Waals surface area contributed by atoms with Gasteiger partial charge in [-0.3, -0.25) is 4.79 Å². The van der Waals surface area contributed by atoms with E-state index >= 15 is 0 Å². The highest BCUT2D eigenvalue weighted by molar-refractivity contribution is 5.78. The molecule has 0 aromatic rings. The number of amides is 1. The number of hydrogen-bond donors (Lipinski definition) is 1. The van der Waals surface area contributed by atoms with E-state index in [9.17, 15) is 4.79 Å². The lowest BCUT2D eigenvalue weighted by Gasteiger charge is -2.31. The molecule has 1 fully saturated rings. The highest BCUT2D eigenvalue weighted by Gasteiger charge is 2.20. The van der Waals surface area contributed by atoms with Gasteiger partial charge in [0.25, 0.3) is 0 Å². The van der Waals surface area contributed by atoms with Crippen LogP contribution in [0.1, 0.15) is 47.5 Å². The summed E-state index contributed by atoms with van der Waals surface area (Å²) in [5, 5.41) is 3.10. The summed E-state index contributed by atoms with van der Waals surface area (Å²) in [4.78, 5) is 13.9. The molecule has 1 aliphatic heterocycles. The molecule has 0 saturated carbocycles. The summed E-state index contributed by atoms with van der Waals surface area (Å²) in [6.07, 6.45) is 2.21. The molecule has 0 aromatic carbocycles. The third kappa shape index (κ3) is 5.50. The lowest BCUT2D eigenvalue weighted by molar-refractivity contribution is -0.125. The van der Waals surface area contributed by atoms with E-state index in [-0.39, 0.29) is 11.8 Å². The van der Waals surface area contributed by atoms with E-state index in [0.29, 0.717) is 6.04 Å². The van der Waals surface area contributed by atoms with Crippen LogP contribution in [0.4, 0.5) is 0 Å². The Hall–Kier alpha value is -0.570. The summed E-state index contributed by atoms with van der Waals surface area (Å²) in [5.74, 6) is 0.305. The van der Waals surface area contributed by atoms with Gasteiger partial charge in [-0.1, -0.05) is 34.6 Å². The molecule has 1 saturated heterocycles. The molecule has 3 heteroatoms. The van der Waals surface area contributed by atoms with Crippen molar-refractivity contribution in [2.75, 3.05) is 19.6 Å². The molecule has 1 heterocycles. The molecule has 1 N–H and O–H groups in total. The highest BCUT2D eigenvalue weighted by atomic mass is 16.1. The Morgan fingerprint density at radius 3 is 2.19 bits per heavy atom. The quantitative estimate of drug-likeness (QED) is 0.803. The minimum Gasteiger partial charge on any atom is -0.353 e. The van der Waals surface area contributed by atoms with Gasteiger partial charge in [0.15, 0.2) is 0 Å². The van der Waals surface area contributed by atoms with Crippen LogP contribution in [-0.4, -0.2) is 36.5 Å². The van der Waals surface area contributed by atoms with Gasteiger partial charge in [0.1, 0.15) is 0 Å². The van der Waals surface area contributed by atoms with Crippen LogP contribution < -0.4 is 5.32 Å². The smallest absolute Gasteiger partial charge is 0.222 e. The predicted molar refractivity (Wildman–Crippen MR) is 69.5 cm³/mol. The van der Waals surface area contributed by atoms with Crippen molar-refractivity contribution >= 4 is 5.91 Å². The molecular weight excluding hydrogens is 200 g/mol. The SMILES string of the molecule is CC.CCN1CCC(NC(=O)C(C)C)CC1. The number of piperidine rings is 1. The number of hydrogen-bond acceptors (Lipinski definition) is 2. The van der Waals surface area contributed by atoms with E-state index in [1.165, 1.54) is 0 Å². The number of rotatable bonds is 3. The Balaban J connectivity index is 0.00000106. The fourth-order valence-electron chi connectivity index (χ4n) is 1.76. The number of nitrogens with zero attached hydrogens (tertiary/aromatic N) is 1. The van der Waals surface area contributed by atoms with E-state index in [1.54, 1.807) is 0 Å². The van der Waals surface area contributed by atoms with Crippen LogP contribution in [0.2, 0.25) is 0 Å². The molecule has 96 valence electrons. The summed E-state index contributed by atoms with van der Waals surface area (Å²) < 4.78 is 0. The maximum Gasteiger partial charge on any atom is 0.222 e. The topological polar surface area (TPSA) is 32.3 Å². The standard InChI is InChI=1S/C11H22N2O.C2H6/c1-4-13-7-5-10(6-8-13)12-11(14)9(2)3;1-2/h9-10H,4-8H2,1-3H3,(H,12,14);1-2H3. The van der Waals surface area contributed by atoms with Crippen molar-refractivity contribution in [3.8, 4) is 0 Å². The number of carbonyl (C=O) groups is 1. The average molecular weight is 228 g/mol. The van der Waals surface area contributed by atoms with E-state index in [1.807, 2.05) is 27.7 Å². The zero-order chi connectivity index (χ0) is 12.6. The van der Waals surface area contributed by atoms with Crippen molar-refractivity contribution in [1.29, 1.82) is 0 Å². The van der Waals surface area contributed by atoms with Crippen molar-refractivity contribution in [2.24, 2.45) is 5.92 Å². The molecule has 1 amide bonds. The van der Waals surface area contributed by atoms with Gasteiger partial charge in [-0.15, -0.1) is 0 Å². The molecule has 0 radical (unpaired) electrons. The molecule has 3 nitrogen and oxygen atoms in total. The van der Waals surface area contributed by atoms with Crippen LogP contribution in [0.3, 0.4) is 0 Å². The summed E-state index contributed by atoms with van der Waals surface area (Å²) in [6.45, 7) is 13.4. The number of nitrogens with one attached hydrogen (secondary N) is 1. The molecule has 1 aliphatic rings. The Labute approximate surface area is 101 Å². The summed E-state index contributed by atoms with van der Waals surface area (Å²) in [6, 6.07) is 0.410. The molecule has 16 heavy (non-hydrogen) atoms. The maximum absolute atomic E-state index is 11.4. The lowest BCUT2D eigenvalue weighted by atomic mass is 10.0.